The first-order valence-corrected chi connectivity index (χ1v) is 7.03. The van der Waals surface area contributed by atoms with E-state index in [1.807, 2.05) is 0 Å². The van der Waals surface area contributed by atoms with Crippen molar-refractivity contribution in [2.24, 2.45) is 0 Å². The standard InChI is InChI=1S/C13H13ClF3N3O3/c1-19(6-12(21)18-7-2-3-7)10-5-9(14)8(13(15,16)17)4-11(10)20(22)23/h4-5,7H,2-3,6H2,1H3,(H,18,21). The third kappa shape index (κ3) is 4.25. The zero-order chi connectivity index (χ0) is 17.4. The molecule has 2 rings (SSSR count). The lowest BCUT2D eigenvalue weighted by molar-refractivity contribution is -0.384. The molecule has 0 heterocycles. The molecular formula is C13H13ClF3N3O3. The molecule has 6 nitrogen and oxygen atoms in total. The minimum absolute atomic E-state index is 0.113. The fourth-order valence-corrected chi connectivity index (χ4v) is 2.29. The van der Waals surface area contributed by atoms with E-state index in [0.717, 1.165) is 18.9 Å². The highest BCUT2D eigenvalue weighted by atomic mass is 35.5. The average Bonchev–Trinajstić information content (AvgIpc) is 3.20. The van der Waals surface area contributed by atoms with Crippen molar-refractivity contribution in [3.8, 4) is 0 Å². The molecule has 1 aromatic carbocycles. The van der Waals surface area contributed by atoms with Crippen LogP contribution < -0.4 is 10.2 Å². The van der Waals surface area contributed by atoms with E-state index in [9.17, 15) is 28.1 Å². The van der Waals surface area contributed by atoms with Gasteiger partial charge in [0.2, 0.25) is 5.91 Å². The molecule has 0 spiro atoms. The van der Waals surface area contributed by atoms with Crippen LogP contribution in [0.15, 0.2) is 12.1 Å². The summed E-state index contributed by atoms with van der Waals surface area (Å²) in [6.45, 7) is -0.223. The van der Waals surface area contributed by atoms with Crippen molar-refractivity contribution in [2.75, 3.05) is 18.5 Å². The maximum atomic E-state index is 12.8. The minimum Gasteiger partial charge on any atom is -0.360 e. The van der Waals surface area contributed by atoms with Gasteiger partial charge in [-0.05, 0) is 18.9 Å². The second-order valence-electron chi connectivity index (χ2n) is 5.27. The molecule has 0 saturated heterocycles. The highest BCUT2D eigenvalue weighted by molar-refractivity contribution is 6.31. The number of carbonyl (C=O) groups excluding carboxylic acids is 1. The molecule has 1 saturated carbocycles. The third-order valence-corrected chi connectivity index (χ3v) is 3.61. The lowest BCUT2D eigenvalue weighted by Gasteiger charge is -2.20. The summed E-state index contributed by atoms with van der Waals surface area (Å²) in [6, 6.07) is 1.35. The summed E-state index contributed by atoms with van der Waals surface area (Å²) in [5, 5.41) is 13.1. The molecule has 0 radical (unpaired) electrons. The zero-order valence-corrected chi connectivity index (χ0v) is 12.7. The van der Waals surface area contributed by atoms with Gasteiger partial charge in [0, 0.05) is 19.2 Å². The second kappa shape index (κ2) is 6.23. The molecule has 126 valence electrons. The van der Waals surface area contributed by atoms with Crippen LogP contribution in [0, 0.1) is 10.1 Å². The number of nitrogens with one attached hydrogen (secondary N) is 1. The zero-order valence-electron chi connectivity index (χ0n) is 12.0. The Morgan fingerprint density at radius 1 is 1.48 bits per heavy atom. The van der Waals surface area contributed by atoms with E-state index in [-0.39, 0.29) is 24.2 Å². The third-order valence-electron chi connectivity index (χ3n) is 3.30. The van der Waals surface area contributed by atoms with Crippen LogP contribution in [-0.2, 0) is 11.0 Å². The van der Waals surface area contributed by atoms with Gasteiger partial charge in [-0.2, -0.15) is 13.2 Å². The van der Waals surface area contributed by atoms with E-state index in [1.165, 1.54) is 11.9 Å². The van der Waals surface area contributed by atoms with Gasteiger partial charge in [0.05, 0.1) is 22.1 Å². The van der Waals surface area contributed by atoms with E-state index < -0.39 is 27.4 Å². The number of alkyl halides is 3. The van der Waals surface area contributed by atoms with Crippen molar-refractivity contribution in [2.45, 2.75) is 25.1 Å². The molecular weight excluding hydrogens is 339 g/mol. The Balaban J connectivity index is 2.30. The molecule has 1 aromatic rings. The molecule has 1 amide bonds. The first kappa shape index (κ1) is 17.3. The van der Waals surface area contributed by atoms with E-state index >= 15 is 0 Å². The normalized spacial score (nSPS) is 14.5. The molecule has 0 unspecified atom stereocenters. The molecule has 1 aliphatic carbocycles. The molecule has 0 aromatic heterocycles. The maximum absolute atomic E-state index is 12.8. The Morgan fingerprint density at radius 2 is 2.09 bits per heavy atom. The topological polar surface area (TPSA) is 75.5 Å². The monoisotopic (exact) mass is 351 g/mol. The fraction of sp³-hybridized carbons (Fsp3) is 0.462. The molecule has 0 bridgehead atoms. The van der Waals surface area contributed by atoms with Crippen LogP contribution in [-0.4, -0.2) is 30.5 Å². The van der Waals surface area contributed by atoms with Gasteiger partial charge in [-0.3, -0.25) is 14.9 Å². The molecule has 1 aliphatic rings. The number of nitrogens with zero attached hydrogens (tertiary/aromatic N) is 2. The van der Waals surface area contributed by atoms with Crippen molar-refractivity contribution >= 4 is 28.9 Å². The van der Waals surface area contributed by atoms with Gasteiger partial charge in [-0.1, -0.05) is 11.6 Å². The number of benzene rings is 1. The van der Waals surface area contributed by atoms with Crippen LogP contribution in [0.3, 0.4) is 0 Å². The van der Waals surface area contributed by atoms with E-state index in [2.05, 4.69) is 5.32 Å². The number of hydrogen-bond donors (Lipinski definition) is 1. The Kier molecular flexibility index (Phi) is 4.69. The van der Waals surface area contributed by atoms with Crippen LogP contribution in [0.2, 0.25) is 5.02 Å². The number of carbonyl (C=O) groups is 1. The molecule has 0 aliphatic heterocycles. The number of likely N-dealkylation sites (N-methyl/N-ethyl adjacent to an activating group) is 1. The first-order valence-electron chi connectivity index (χ1n) is 6.65. The van der Waals surface area contributed by atoms with Gasteiger partial charge >= 0.3 is 6.18 Å². The summed E-state index contributed by atoms with van der Waals surface area (Å²) in [6.07, 6.45) is -3.05. The van der Waals surface area contributed by atoms with E-state index in [4.69, 9.17) is 11.6 Å². The van der Waals surface area contributed by atoms with Crippen LogP contribution >= 0.6 is 11.6 Å². The number of rotatable bonds is 5. The number of halogens is 4. The highest BCUT2D eigenvalue weighted by Gasteiger charge is 2.36. The van der Waals surface area contributed by atoms with Gasteiger partial charge in [-0.15, -0.1) is 0 Å². The maximum Gasteiger partial charge on any atom is 0.418 e. The van der Waals surface area contributed by atoms with Crippen LogP contribution in [0.5, 0.6) is 0 Å². The minimum atomic E-state index is -4.80. The summed E-state index contributed by atoms with van der Waals surface area (Å²) >= 11 is 5.60. The molecule has 23 heavy (non-hydrogen) atoms. The molecule has 10 heteroatoms. The van der Waals surface area contributed by atoms with Crippen LogP contribution in [0.4, 0.5) is 24.5 Å². The molecule has 0 atom stereocenters. The Labute approximate surface area is 134 Å². The summed E-state index contributed by atoms with van der Waals surface area (Å²) in [7, 11) is 1.37. The van der Waals surface area contributed by atoms with Gasteiger partial charge in [0.15, 0.2) is 0 Å². The Bertz CT molecular complexity index is 647. The smallest absolute Gasteiger partial charge is 0.360 e. The van der Waals surface area contributed by atoms with Crippen molar-refractivity contribution in [3.05, 3.63) is 32.8 Å². The average molecular weight is 352 g/mol. The summed E-state index contributed by atoms with van der Waals surface area (Å²) in [5.74, 6) is -0.361. The Morgan fingerprint density at radius 3 is 2.57 bits per heavy atom. The summed E-state index contributed by atoms with van der Waals surface area (Å²) < 4.78 is 38.4. The number of amides is 1. The molecule has 1 N–H and O–H groups in total. The predicted molar refractivity (Wildman–Crippen MR) is 77.5 cm³/mol. The SMILES string of the molecule is CN(CC(=O)NC1CC1)c1cc(Cl)c(C(F)(F)F)cc1[N+](=O)[O-]. The fourth-order valence-electron chi connectivity index (χ4n) is 2.02. The van der Waals surface area contributed by atoms with E-state index in [1.54, 1.807) is 0 Å². The van der Waals surface area contributed by atoms with E-state index in [0.29, 0.717) is 6.07 Å². The van der Waals surface area contributed by atoms with Gasteiger partial charge in [0.1, 0.15) is 5.69 Å². The Hall–Kier alpha value is -2.03. The van der Waals surface area contributed by atoms with Gasteiger partial charge in [-0.25, -0.2) is 0 Å². The van der Waals surface area contributed by atoms with Crippen molar-refractivity contribution in [1.29, 1.82) is 0 Å². The van der Waals surface area contributed by atoms with Crippen LogP contribution in [0.25, 0.3) is 0 Å². The van der Waals surface area contributed by atoms with Gasteiger partial charge < -0.3 is 10.2 Å². The lowest BCUT2D eigenvalue weighted by atomic mass is 10.1. The largest absolute Gasteiger partial charge is 0.418 e. The van der Waals surface area contributed by atoms with Crippen molar-refractivity contribution in [1.82, 2.24) is 5.32 Å². The van der Waals surface area contributed by atoms with Crippen LogP contribution in [0.1, 0.15) is 18.4 Å². The van der Waals surface area contributed by atoms with Gasteiger partial charge in [0.25, 0.3) is 5.69 Å². The molecule has 1 fully saturated rings. The number of anilines is 1. The number of nitro benzene ring substituents is 1. The lowest BCUT2D eigenvalue weighted by Crippen LogP contribution is -2.36. The number of hydrogen-bond acceptors (Lipinski definition) is 4. The van der Waals surface area contributed by atoms with Crippen molar-refractivity contribution in [3.63, 3.8) is 0 Å². The summed E-state index contributed by atoms with van der Waals surface area (Å²) in [4.78, 5) is 23.1. The highest BCUT2D eigenvalue weighted by Crippen LogP contribution is 2.41. The second-order valence-corrected chi connectivity index (χ2v) is 5.68. The number of nitro groups is 1. The predicted octanol–water partition coefficient (Wildman–Crippen LogP) is 2.98. The quantitative estimate of drug-likeness (QED) is 0.653. The summed E-state index contributed by atoms with van der Waals surface area (Å²) in [5.41, 5.74) is -2.20. The van der Waals surface area contributed by atoms with Crippen molar-refractivity contribution < 1.29 is 22.9 Å². The first-order chi connectivity index (χ1) is 10.6.